The Bertz CT molecular complexity index is 938. The molecule has 130 valence electrons. The average molecular weight is 367 g/mol. The first kappa shape index (κ1) is 17.5. The van der Waals surface area contributed by atoms with Gasteiger partial charge in [0.1, 0.15) is 5.82 Å². The lowest BCUT2D eigenvalue weighted by Crippen LogP contribution is -2.18. The molecular formula is C19H14FN3O2S. The Morgan fingerprint density at radius 1 is 0.962 bits per heavy atom. The van der Waals surface area contributed by atoms with Crippen LogP contribution in [0.2, 0.25) is 0 Å². The summed E-state index contributed by atoms with van der Waals surface area (Å²) < 4.78 is 12.9. The van der Waals surface area contributed by atoms with Crippen molar-refractivity contribution in [1.82, 2.24) is 5.43 Å². The number of carbonyl (C=O) groups excluding carboxylic acids is 2. The summed E-state index contributed by atoms with van der Waals surface area (Å²) in [4.78, 5) is 25.2. The van der Waals surface area contributed by atoms with Gasteiger partial charge in [0.15, 0.2) is 0 Å². The summed E-state index contributed by atoms with van der Waals surface area (Å²) in [6, 6.07) is 15.4. The van der Waals surface area contributed by atoms with Crippen LogP contribution in [0.4, 0.5) is 10.1 Å². The van der Waals surface area contributed by atoms with Crippen LogP contribution < -0.4 is 10.7 Å². The molecule has 5 nitrogen and oxygen atoms in total. The quantitative estimate of drug-likeness (QED) is 0.530. The van der Waals surface area contributed by atoms with Gasteiger partial charge in [-0.3, -0.25) is 9.59 Å². The van der Waals surface area contributed by atoms with Crippen molar-refractivity contribution >= 4 is 35.1 Å². The predicted molar refractivity (Wildman–Crippen MR) is 100 cm³/mol. The Balaban J connectivity index is 1.64. The van der Waals surface area contributed by atoms with Crippen molar-refractivity contribution in [1.29, 1.82) is 0 Å². The van der Waals surface area contributed by atoms with E-state index in [0.717, 1.165) is 4.88 Å². The van der Waals surface area contributed by atoms with E-state index < -0.39 is 17.6 Å². The van der Waals surface area contributed by atoms with Crippen LogP contribution in [0.15, 0.2) is 71.1 Å². The lowest BCUT2D eigenvalue weighted by molar-refractivity contribution is 0.0953. The van der Waals surface area contributed by atoms with E-state index in [2.05, 4.69) is 15.8 Å². The number of hydrazone groups is 1. The van der Waals surface area contributed by atoms with E-state index >= 15 is 0 Å². The lowest BCUT2D eigenvalue weighted by Gasteiger charge is -2.07. The fraction of sp³-hybridized carbons (Fsp3) is 0. The van der Waals surface area contributed by atoms with Crippen molar-refractivity contribution in [2.24, 2.45) is 5.10 Å². The highest BCUT2D eigenvalue weighted by Crippen LogP contribution is 2.13. The molecule has 0 atom stereocenters. The maximum absolute atomic E-state index is 12.9. The smallest absolute Gasteiger partial charge is 0.271 e. The molecule has 3 aromatic rings. The molecule has 0 bridgehead atoms. The van der Waals surface area contributed by atoms with E-state index in [1.165, 1.54) is 41.7 Å². The average Bonchev–Trinajstić information content (AvgIpc) is 3.16. The van der Waals surface area contributed by atoms with Gasteiger partial charge in [0.2, 0.25) is 0 Å². The van der Waals surface area contributed by atoms with Crippen LogP contribution in [0, 0.1) is 5.82 Å². The van der Waals surface area contributed by atoms with E-state index in [9.17, 15) is 14.0 Å². The number of carbonyl (C=O) groups is 2. The standard InChI is InChI=1S/C19H14FN3O2S/c20-15-8-6-13(7-9-15)18(24)22-16-4-1-3-14(11-16)19(25)23-21-12-17-5-2-10-26-17/h1-12H,(H,22,24)(H,23,25)/b21-12-. The number of thiophene rings is 1. The topological polar surface area (TPSA) is 70.6 Å². The van der Waals surface area contributed by atoms with Crippen molar-refractivity contribution in [2.75, 3.05) is 5.32 Å². The van der Waals surface area contributed by atoms with Crippen molar-refractivity contribution in [2.45, 2.75) is 0 Å². The summed E-state index contributed by atoms with van der Waals surface area (Å²) in [6.07, 6.45) is 1.56. The minimum atomic E-state index is -0.414. The van der Waals surface area contributed by atoms with Gasteiger partial charge in [-0.15, -0.1) is 11.3 Å². The molecule has 0 aliphatic rings. The molecule has 1 aromatic heterocycles. The van der Waals surface area contributed by atoms with E-state index in [0.29, 0.717) is 16.8 Å². The first-order valence-electron chi connectivity index (χ1n) is 7.66. The van der Waals surface area contributed by atoms with Gasteiger partial charge in [0, 0.05) is 21.7 Å². The second-order valence-electron chi connectivity index (χ2n) is 5.26. The summed E-state index contributed by atoms with van der Waals surface area (Å²) in [7, 11) is 0. The van der Waals surface area contributed by atoms with Crippen molar-refractivity contribution < 1.29 is 14.0 Å². The summed E-state index contributed by atoms with van der Waals surface area (Å²) in [5.41, 5.74) is 3.56. The molecule has 0 fully saturated rings. The van der Waals surface area contributed by atoms with E-state index in [-0.39, 0.29) is 0 Å². The molecule has 0 spiro atoms. The second kappa shape index (κ2) is 8.17. The number of amides is 2. The van der Waals surface area contributed by atoms with Gasteiger partial charge in [0.05, 0.1) is 6.21 Å². The molecule has 1 heterocycles. The number of benzene rings is 2. The number of anilines is 1. The van der Waals surface area contributed by atoms with Crippen molar-refractivity contribution in [3.05, 3.63) is 87.9 Å². The molecule has 7 heteroatoms. The molecule has 2 N–H and O–H groups in total. The van der Waals surface area contributed by atoms with E-state index in [1.54, 1.807) is 24.4 Å². The van der Waals surface area contributed by atoms with E-state index in [4.69, 9.17) is 0 Å². The van der Waals surface area contributed by atoms with E-state index in [1.807, 2.05) is 17.5 Å². The lowest BCUT2D eigenvalue weighted by atomic mass is 10.1. The SMILES string of the molecule is O=C(N/N=C\c1cccs1)c1cccc(NC(=O)c2ccc(F)cc2)c1. The first-order valence-corrected chi connectivity index (χ1v) is 8.54. The third-order valence-electron chi connectivity index (χ3n) is 3.39. The number of rotatable bonds is 5. The Kier molecular flexibility index (Phi) is 5.50. The van der Waals surface area contributed by atoms with Crippen LogP contribution in [-0.4, -0.2) is 18.0 Å². The third-order valence-corrected chi connectivity index (χ3v) is 4.20. The van der Waals surface area contributed by atoms with Crippen LogP contribution >= 0.6 is 11.3 Å². The predicted octanol–water partition coefficient (Wildman–Crippen LogP) is 3.90. The van der Waals surface area contributed by atoms with Crippen LogP contribution in [0.25, 0.3) is 0 Å². The molecule has 3 rings (SSSR count). The summed E-state index contributed by atoms with van der Waals surface area (Å²) in [5, 5.41) is 8.49. The third kappa shape index (κ3) is 4.61. The molecule has 2 aromatic carbocycles. The molecule has 0 unspecified atom stereocenters. The highest BCUT2D eigenvalue weighted by molar-refractivity contribution is 7.11. The number of halogens is 1. The Morgan fingerprint density at radius 3 is 2.50 bits per heavy atom. The zero-order chi connectivity index (χ0) is 18.4. The maximum atomic E-state index is 12.9. The zero-order valence-electron chi connectivity index (χ0n) is 13.5. The van der Waals surface area contributed by atoms with Gasteiger partial charge in [-0.05, 0) is 53.9 Å². The van der Waals surface area contributed by atoms with Crippen LogP contribution in [-0.2, 0) is 0 Å². The molecule has 0 radical (unpaired) electrons. The number of hydrogen-bond donors (Lipinski definition) is 2. The maximum Gasteiger partial charge on any atom is 0.271 e. The number of hydrogen-bond acceptors (Lipinski definition) is 4. The summed E-state index contributed by atoms with van der Waals surface area (Å²) >= 11 is 1.51. The molecule has 0 saturated carbocycles. The van der Waals surface area contributed by atoms with Gasteiger partial charge in [-0.1, -0.05) is 12.1 Å². The minimum absolute atomic E-state index is 0.321. The fourth-order valence-electron chi connectivity index (χ4n) is 2.13. The number of nitrogens with one attached hydrogen (secondary N) is 2. The monoisotopic (exact) mass is 367 g/mol. The highest BCUT2D eigenvalue weighted by atomic mass is 32.1. The van der Waals surface area contributed by atoms with Gasteiger partial charge in [-0.25, -0.2) is 9.82 Å². The fourth-order valence-corrected chi connectivity index (χ4v) is 2.71. The molecule has 0 saturated heterocycles. The second-order valence-corrected chi connectivity index (χ2v) is 6.24. The highest BCUT2D eigenvalue weighted by Gasteiger charge is 2.09. The van der Waals surface area contributed by atoms with Crippen LogP contribution in [0.3, 0.4) is 0 Å². The van der Waals surface area contributed by atoms with Crippen molar-refractivity contribution in [3.8, 4) is 0 Å². The van der Waals surface area contributed by atoms with Gasteiger partial charge in [-0.2, -0.15) is 5.10 Å². The first-order chi connectivity index (χ1) is 12.6. The largest absolute Gasteiger partial charge is 0.322 e. The number of nitrogens with zero attached hydrogens (tertiary/aromatic N) is 1. The molecule has 2 amide bonds. The van der Waals surface area contributed by atoms with Gasteiger partial charge < -0.3 is 5.32 Å². The van der Waals surface area contributed by atoms with Crippen LogP contribution in [0.1, 0.15) is 25.6 Å². The van der Waals surface area contributed by atoms with Gasteiger partial charge in [0.25, 0.3) is 11.8 Å². The Labute approximate surface area is 153 Å². The Morgan fingerprint density at radius 2 is 1.77 bits per heavy atom. The summed E-state index contributed by atoms with van der Waals surface area (Å²) in [6.45, 7) is 0. The Hall–Kier alpha value is -3.32. The minimum Gasteiger partial charge on any atom is -0.322 e. The van der Waals surface area contributed by atoms with Gasteiger partial charge >= 0.3 is 0 Å². The van der Waals surface area contributed by atoms with Crippen LogP contribution in [0.5, 0.6) is 0 Å². The summed E-state index contributed by atoms with van der Waals surface area (Å²) in [5.74, 6) is -1.20. The molecule has 0 aliphatic carbocycles. The molecule has 26 heavy (non-hydrogen) atoms. The molecular weight excluding hydrogens is 353 g/mol. The zero-order valence-corrected chi connectivity index (χ0v) is 14.3. The van der Waals surface area contributed by atoms with Crippen molar-refractivity contribution in [3.63, 3.8) is 0 Å². The normalized spacial score (nSPS) is 10.7. The molecule has 0 aliphatic heterocycles.